The lowest BCUT2D eigenvalue weighted by molar-refractivity contribution is 0.507. The molecule has 0 bridgehead atoms. The van der Waals surface area contributed by atoms with Gasteiger partial charge in [0.1, 0.15) is 11.6 Å². The lowest BCUT2D eigenvalue weighted by Crippen LogP contribution is -2.24. The van der Waals surface area contributed by atoms with Crippen molar-refractivity contribution in [3.05, 3.63) is 68.1 Å². The van der Waals surface area contributed by atoms with Crippen LogP contribution in [0.25, 0.3) is 0 Å². The fourth-order valence-electron chi connectivity index (χ4n) is 2.05. The molecule has 5 heteroatoms. The maximum Gasteiger partial charge on any atom is 0.145 e. The molecule has 0 saturated heterocycles. The molecule has 0 amide bonds. The van der Waals surface area contributed by atoms with Crippen molar-refractivity contribution < 1.29 is 8.78 Å². The SMILES string of the molecule is CCNC(c1ccc(Br)cc1)c1c(F)ccc(Br)c1F. The minimum atomic E-state index is -0.570. The molecule has 2 rings (SSSR count). The van der Waals surface area contributed by atoms with Crippen LogP contribution in [0.15, 0.2) is 45.3 Å². The summed E-state index contributed by atoms with van der Waals surface area (Å²) >= 11 is 6.46. The first-order valence-corrected chi connectivity index (χ1v) is 7.75. The highest BCUT2D eigenvalue weighted by molar-refractivity contribution is 9.10. The van der Waals surface area contributed by atoms with Crippen LogP contribution in [0.1, 0.15) is 24.1 Å². The van der Waals surface area contributed by atoms with Crippen LogP contribution in [0.3, 0.4) is 0 Å². The van der Waals surface area contributed by atoms with Crippen molar-refractivity contribution in [2.75, 3.05) is 6.54 Å². The van der Waals surface area contributed by atoms with Crippen molar-refractivity contribution in [1.82, 2.24) is 5.32 Å². The second-order valence-corrected chi connectivity index (χ2v) is 6.07. The fraction of sp³-hybridized carbons (Fsp3) is 0.200. The molecule has 2 aromatic rings. The van der Waals surface area contributed by atoms with E-state index >= 15 is 0 Å². The van der Waals surface area contributed by atoms with E-state index < -0.39 is 17.7 Å². The van der Waals surface area contributed by atoms with Crippen LogP contribution < -0.4 is 5.32 Å². The van der Waals surface area contributed by atoms with E-state index in [4.69, 9.17) is 0 Å². The van der Waals surface area contributed by atoms with Gasteiger partial charge in [-0.2, -0.15) is 0 Å². The summed E-state index contributed by atoms with van der Waals surface area (Å²) < 4.78 is 29.5. The average Bonchev–Trinajstić information content (AvgIpc) is 2.43. The van der Waals surface area contributed by atoms with Gasteiger partial charge in [-0.25, -0.2) is 8.78 Å². The first kappa shape index (κ1) is 15.6. The van der Waals surface area contributed by atoms with Crippen molar-refractivity contribution in [1.29, 1.82) is 0 Å². The Morgan fingerprint density at radius 3 is 2.30 bits per heavy atom. The molecule has 1 unspecified atom stereocenters. The summed E-state index contributed by atoms with van der Waals surface area (Å²) in [6.07, 6.45) is 0. The van der Waals surface area contributed by atoms with Crippen molar-refractivity contribution in [3.63, 3.8) is 0 Å². The molecule has 0 saturated carbocycles. The van der Waals surface area contributed by atoms with E-state index in [2.05, 4.69) is 37.2 Å². The van der Waals surface area contributed by atoms with Gasteiger partial charge in [-0.1, -0.05) is 35.0 Å². The van der Waals surface area contributed by atoms with Gasteiger partial charge in [-0.05, 0) is 52.3 Å². The van der Waals surface area contributed by atoms with E-state index in [9.17, 15) is 8.78 Å². The molecule has 0 aliphatic rings. The van der Waals surface area contributed by atoms with Gasteiger partial charge >= 0.3 is 0 Å². The molecule has 106 valence electrons. The molecule has 1 N–H and O–H groups in total. The van der Waals surface area contributed by atoms with Crippen LogP contribution in [0.2, 0.25) is 0 Å². The molecule has 0 radical (unpaired) electrons. The Morgan fingerprint density at radius 1 is 1.05 bits per heavy atom. The van der Waals surface area contributed by atoms with Gasteiger partial charge in [0.2, 0.25) is 0 Å². The van der Waals surface area contributed by atoms with Crippen molar-refractivity contribution in [2.45, 2.75) is 13.0 Å². The van der Waals surface area contributed by atoms with Gasteiger partial charge in [0.15, 0.2) is 0 Å². The molecular weight excluding hydrogens is 392 g/mol. The number of halogens is 4. The molecule has 1 nitrogen and oxygen atoms in total. The summed E-state index contributed by atoms with van der Waals surface area (Å²) in [6.45, 7) is 2.51. The van der Waals surface area contributed by atoms with E-state index in [0.29, 0.717) is 6.54 Å². The van der Waals surface area contributed by atoms with E-state index in [1.165, 1.54) is 12.1 Å². The fourth-order valence-corrected chi connectivity index (χ4v) is 2.66. The van der Waals surface area contributed by atoms with Gasteiger partial charge in [-0.3, -0.25) is 0 Å². The lowest BCUT2D eigenvalue weighted by Gasteiger charge is -2.20. The molecule has 20 heavy (non-hydrogen) atoms. The highest BCUT2D eigenvalue weighted by Crippen LogP contribution is 2.31. The molecule has 1 atom stereocenters. The summed E-state index contributed by atoms with van der Waals surface area (Å²) in [5.41, 5.74) is 0.842. The number of hydrogen-bond donors (Lipinski definition) is 1. The maximum atomic E-state index is 14.3. The predicted molar refractivity (Wildman–Crippen MR) is 83.7 cm³/mol. The zero-order valence-corrected chi connectivity index (χ0v) is 13.9. The van der Waals surface area contributed by atoms with Crippen molar-refractivity contribution >= 4 is 31.9 Å². The predicted octanol–water partition coefficient (Wildman–Crippen LogP) is 5.19. The maximum absolute atomic E-state index is 14.3. The highest BCUT2D eigenvalue weighted by atomic mass is 79.9. The minimum Gasteiger partial charge on any atom is -0.306 e. The quantitative estimate of drug-likeness (QED) is 0.691. The normalized spacial score (nSPS) is 12.4. The molecule has 0 heterocycles. The average molecular weight is 405 g/mol. The third kappa shape index (κ3) is 3.27. The van der Waals surface area contributed by atoms with Crippen LogP contribution in [-0.4, -0.2) is 6.54 Å². The second kappa shape index (κ2) is 6.78. The summed E-state index contributed by atoms with van der Waals surface area (Å²) in [4.78, 5) is 0. The van der Waals surface area contributed by atoms with Crippen LogP contribution in [0.5, 0.6) is 0 Å². The van der Waals surface area contributed by atoms with Gasteiger partial charge in [0, 0.05) is 10.0 Å². The first-order chi connectivity index (χ1) is 9.54. The Balaban J connectivity index is 2.54. The Bertz CT molecular complexity index is 600. The third-order valence-corrected chi connectivity index (χ3v) is 4.12. The lowest BCUT2D eigenvalue weighted by atomic mass is 9.97. The second-order valence-electron chi connectivity index (χ2n) is 4.30. The third-order valence-electron chi connectivity index (χ3n) is 2.98. The van der Waals surface area contributed by atoms with E-state index in [1.807, 2.05) is 31.2 Å². The monoisotopic (exact) mass is 403 g/mol. The molecule has 0 spiro atoms. The zero-order chi connectivity index (χ0) is 14.7. The van der Waals surface area contributed by atoms with E-state index in [1.54, 1.807) is 0 Å². The minimum absolute atomic E-state index is 0.0311. The Hall–Kier alpha value is -0.780. The summed E-state index contributed by atoms with van der Waals surface area (Å²) in [5, 5.41) is 3.13. The molecule has 0 aromatic heterocycles. The van der Waals surface area contributed by atoms with Gasteiger partial charge in [-0.15, -0.1) is 0 Å². The van der Waals surface area contributed by atoms with E-state index in [-0.39, 0.29) is 10.0 Å². The van der Waals surface area contributed by atoms with Gasteiger partial charge in [0.05, 0.1) is 10.5 Å². The Labute approximate surface area is 133 Å². The molecule has 0 fully saturated rings. The number of rotatable bonds is 4. The zero-order valence-electron chi connectivity index (χ0n) is 10.8. The van der Waals surface area contributed by atoms with Crippen LogP contribution in [-0.2, 0) is 0 Å². The standard InChI is InChI=1S/C15H13Br2F2N/c1-2-20-15(9-3-5-10(16)6-4-9)13-12(18)8-7-11(17)14(13)19/h3-8,15,20H,2H2,1H3. The Kier molecular flexibility index (Phi) is 5.29. The van der Waals surface area contributed by atoms with Crippen LogP contribution >= 0.6 is 31.9 Å². The van der Waals surface area contributed by atoms with Crippen molar-refractivity contribution in [3.8, 4) is 0 Å². The first-order valence-electron chi connectivity index (χ1n) is 6.16. The van der Waals surface area contributed by atoms with Crippen LogP contribution in [0.4, 0.5) is 8.78 Å². The molecule has 0 aliphatic carbocycles. The largest absolute Gasteiger partial charge is 0.306 e. The smallest absolute Gasteiger partial charge is 0.145 e. The summed E-state index contributed by atoms with van der Waals surface area (Å²) in [7, 11) is 0. The summed E-state index contributed by atoms with van der Waals surface area (Å²) in [6, 6.07) is 9.52. The number of benzene rings is 2. The molecule has 0 aliphatic heterocycles. The van der Waals surface area contributed by atoms with Gasteiger partial charge in [0.25, 0.3) is 0 Å². The van der Waals surface area contributed by atoms with Crippen LogP contribution in [0, 0.1) is 11.6 Å². The summed E-state index contributed by atoms with van der Waals surface area (Å²) in [5.74, 6) is -1.13. The topological polar surface area (TPSA) is 12.0 Å². The number of hydrogen-bond acceptors (Lipinski definition) is 1. The molecule has 2 aromatic carbocycles. The number of nitrogens with one attached hydrogen (secondary N) is 1. The van der Waals surface area contributed by atoms with Crippen molar-refractivity contribution in [2.24, 2.45) is 0 Å². The van der Waals surface area contributed by atoms with E-state index in [0.717, 1.165) is 10.0 Å². The highest BCUT2D eigenvalue weighted by Gasteiger charge is 2.22. The Morgan fingerprint density at radius 2 is 1.70 bits per heavy atom. The molecular formula is C15H13Br2F2N. The van der Waals surface area contributed by atoms with Gasteiger partial charge < -0.3 is 5.32 Å².